The predicted molar refractivity (Wildman–Crippen MR) is 96.9 cm³/mol. The van der Waals surface area contributed by atoms with Gasteiger partial charge in [-0.05, 0) is 48.6 Å². The molecule has 0 radical (unpaired) electrons. The van der Waals surface area contributed by atoms with E-state index >= 15 is 0 Å². The number of para-hydroxylation sites is 1. The number of carbonyl (C=O) groups is 2. The van der Waals surface area contributed by atoms with E-state index < -0.39 is 18.5 Å². The fourth-order valence-electron chi connectivity index (χ4n) is 2.36. The van der Waals surface area contributed by atoms with E-state index in [0.717, 1.165) is 6.42 Å². The molecule has 2 rings (SSSR count). The van der Waals surface area contributed by atoms with E-state index in [0.29, 0.717) is 17.2 Å². The minimum atomic E-state index is -0.733. The number of phenolic OH excluding ortho intramolecular Hbond substituents is 1. The monoisotopic (exact) mass is 341 g/mol. The number of rotatable bonds is 6. The third-order valence-electron chi connectivity index (χ3n) is 4.17. The van der Waals surface area contributed by atoms with Gasteiger partial charge in [-0.15, -0.1) is 0 Å². The smallest absolute Gasteiger partial charge is 0.342 e. The van der Waals surface area contributed by atoms with Crippen LogP contribution in [0.25, 0.3) is 0 Å². The van der Waals surface area contributed by atoms with Gasteiger partial charge in [0.2, 0.25) is 0 Å². The molecule has 1 atom stereocenters. The summed E-state index contributed by atoms with van der Waals surface area (Å²) in [6.45, 7) is 5.54. The van der Waals surface area contributed by atoms with Crippen LogP contribution in [0.4, 0.5) is 5.69 Å². The molecule has 0 saturated carbocycles. The number of anilines is 1. The van der Waals surface area contributed by atoms with E-state index in [1.807, 2.05) is 24.3 Å². The Morgan fingerprint density at radius 1 is 1.16 bits per heavy atom. The molecule has 5 nitrogen and oxygen atoms in total. The van der Waals surface area contributed by atoms with Gasteiger partial charge in [0.15, 0.2) is 6.61 Å². The number of hydrogen-bond donors (Lipinski definition) is 2. The molecule has 0 aliphatic carbocycles. The molecule has 25 heavy (non-hydrogen) atoms. The van der Waals surface area contributed by atoms with Crippen molar-refractivity contribution in [3.05, 3.63) is 59.2 Å². The first-order chi connectivity index (χ1) is 11.9. The van der Waals surface area contributed by atoms with Crippen molar-refractivity contribution < 1.29 is 19.4 Å². The second-order valence-electron chi connectivity index (χ2n) is 6.03. The molecule has 5 heteroatoms. The number of nitrogens with one attached hydrogen (secondary N) is 1. The minimum Gasteiger partial charge on any atom is -0.507 e. The lowest BCUT2D eigenvalue weighted by molar-refractivity contribution is -0.119. The quantitative estimate of drug-likeness (QED) is 0.779. The summed E-state index contributed by atoms with van der Waals surface area (Å²) in [5.41, 5.74) is 2.47. The van der Waals surface area contributed by atoms with Crippen molar-refractivity contribution >= 4 is 17.6 Å². The first-order valence-corrected chi connectivity index (χ1v) is 8.27. The highest BCUT2D eigenvalue weighted by Crippen LogP contribution is 2.22. The van der Waals surface area contributed by atoms with Crippen LogP contribution in [0.2, 0.25) is 0 Å². The Morgan fingerprint density at radius 3 is 2.48 bits per heavy atom. The molecule has 0 spiro atoms. The molecule has 132 valence electrons. The van der Waals surface area contributed by atoms with E-state index in [4.69, 9.17) is 4.74 Å². The Kier molecular flexibility index (Phi) is 6.17. The standard InChI is InChI=1S/C20H23NO4/c1-4-13(2)15-8-10-16(11-9-15)21-18(22)12-25-20(24)17-7-5-6-14(3)19(17)23/h5-11,13,23H,4,12H2,1-3H3,(H,21,22)/t13-/m1/s1. The van der Waals surface area contributed by atoms with Crippen molar-refractivity contribution in [1.29, 1.82) is 0 Å². The van der Waals surface area contributed by atoms with Gasteiger partial charge in [0.25, 0.3) is 5.91 Å². The van der Waals surface area contributed by atoms with Gasteiger partial charge >= 0.3 is 5.97 Å². The number of aromatic hydroxyl groups is 1. The molecule has 0 aliphatic rings. The van der Waals surface area contributed by atoms with E-state index in [2.05, 4.69) is 19.2 Å². The lowest BCUT2D eigenvalue weighted by Crippen LogP contribution is -2.21. The number of ether oxygens (including phenoxy) is 1. The fourth-order valence-corrected chi connectivity index (χ4v) is 2.36. The number of hydrogen-bond acceptors (Lipinski definition) is 4. The van der Waals surface area contributed by atoms with Crippen LogP contribution in [-0.2, 0) is 9.53 Å². The molecule has 0 fully saturated rings. The number of aryl methyl sites for hydroxylation is 1. The van der Waals surface area contributed by atoms with Crippen LogP contribution in [0.3, 0.4) is 0 Å². The van der Waals surface area contributed by atoms with Crippen LogP contribution >= 0.6 is 0 Å². The van der Waals surface area contributed by atoms with E-state index in [1.54, 1.807) is 19.1 Å². The number of amides is 1. The molecular formula is C20H23NO4. The third kappa shape index (κ3) is 4.83. The highest BCUT2D eigenvalue weighted by atomic mass is 16.5. The molecule has 0 saturated heterocycles. The number of esters is 1. The van der Waals surface area contributed by atoms with Gasteiger partial charge in [0.05, 0.1) is 0 Å². The second kappa shape index (κ2) is 8.33. The summed E-state index contributed by atoms with van der Waals surface area (Å²) < 4.78 is 4.97. The molecule has 0 heterocycles. The lowest BCUT2D eigenvalue weighted by Gasteiger charge is -2.11. The number of benzene rings is 2. The summed E-state index contributed by atoms with van der Waals surface area (Å²) in [6.07, 6.45) is 1.05. The van der Waals surface area contributed by atoms with Crippen LogP contribution in [0.1, 0.15) is 47.7 Å². The van der Waals surface area contributed by atoms with Gasteiger partial charge < -0.3 is 15.2 Å². The first-order valence-electron chi connectivity index (χ1n) is 8.27. The van der Waals surface area contributed by atoms with Gasteiger partial charge in [-0.1, -0.05) is 38.1 Å². The Labute approximate surface area is 147 Å². The Bertz CT molecular complexity index is 753. The van der Waals surface area contributed by atoms with Crippen LogP contribution < -0.4 is 5.32 Å². The van der Waals surface area contributed by atoms with E-state index in [9.17, 15) is 14.7 Å². The molecule has 2 N–H and O–H groups in total. The summed E-state index contributed by atoms with van der Waals surface area (Å²) in [7, 11) is 0. The molecule has 0 unspecified atom stereocenters. The maximum Gasteiger partial charge on any atom is 0.342 e. The zero-order valence-electron chi connectivity index (χ0n) is 14.7. The summed E-state index contributed by atoms with van der Waals surface area (Å²) in [4.78, 5) is 23.9. The average Bonchev–Trinajstić information content (AvgIpc) is 2.62. The lowest BCUT2D eigenvalue weighted by atomic mass is 9.99. The van der Waals surface area contributed by atoms with Crippen LogP contribution in [-0.4, -0.2) is 23.6 Å². The van der Waals surface area contributed by atoms with Gasteiger partial charge in [-0.2, -0.15) is 0 Å². The predicted octanol–water partition coefficient (Wildman–Crippen LogP) is 4.01. The maximum absolute atomic E-state index is 12.0. The summed E-state index contributed by atoms with van der Waals surface area (Å²) in [5, 5.41) is 12.5. The average molecular weight is 341 g/mol. The largest absolute Gasteiger partial charge is 0.507 e. The van der Waals surface area contributed by atoms with Crippen molar-refractivity contribution in [3.63, 3.8) is 0 Å². The molecule has 2 aromatic carbocycles. The van der Waals surface area contributed by atoms with Crippen molar-refractivity contribution in [3.8, 4) is 5.75 Å². The van der Waals surface area contributed by atoms with Crippen molar-refractivity contribution in [2.45, 2.75) is 33.1 Å². The van der Waals surface area contributed by atoms with Crippen molar-refractivity contribution in [2.24, 2.45) is 0 Å². The molecule has 0 bridgehead atoms. The van der Waals surface area contributed by atoms with Crippen LogP contribution in [0, 0.1) is 6.92 Å². The van der Waals surface area contributed by atoms with Crippen LogP contribution in [0.15, 0.2) is 42.5 Å². The first kappa shape index (κ1) is 18.5. The highest BCUT2D eigenvalue weighted by Gasteiger charge is 2.15. The molecule has 0 aromatic heterocycles. The molecule has 2 aromatic rings. The van der Waals surface area contributed by atoms with E-state index in [1.165, 1.54) is 11.6 Å². The molecule has 1 amide bonds. The number of phenols is 1. The summed E-state index contributed by atoms with van der Waals surface area (Å²) in [5.74, 6) is -0.832. The zero-order valence-corrected chi connectivity index (χ0v) is 14.7. The van der Waals surface area contributed by atoms with Crippen molar-refractivity contribution in [2.75, 3.05) is 11.9 Å². The molecular weight excluding hydrogens is 318 g/mol. The van der Waals surface area contributed by atoms with Gasteiger partial charge in [0.1, 0.15) is 11.3 Å². The van der Waals surface area contributed by atoms with Crippen molar-refractivity contribution in [1.82, 2.24) is 0 Å². The Balaban J connectivity index is 1.90. The van der Waals surface area contributed by atoms with Gasteiger partial charge in [-0.3, -0.25) is 4.79 Å². The Hall–Kier alpha value is -2.82. The third-order valence-corrected chi connectivity index (χ3v) is 4.17. The molecule has 0 aliphatic heterocycles. The normalized spacial score (nSPS) is 11.6. The second-order valence-corrected chi connectivity index (χ2v) is 6.03. The summed E-state index contributed by atoms with van der Waals surface area (Å²) >= 11 is 0. The topological polar surface area (TPSA) is 75.6 Å². The van der Waals surface area contributed by atoms with Gasteiger partial charge in [0, 0.05) is 5.69 Å². The van der Waals surface area contributed by atoms with E-state index in [-0.39, 0.29) is 11.3 Å². The maximum atomic E-state index is 12.0. The summed E-state index contributed by atoms with van der Waals surface area (Å²) in [6, 6.07) is 12.4. The zero-order chi connectivity index (χ0) is 18.4. The van der Waals surface area contributed by atoms with Gasteiger partial charge in [-0.25, -0.2) is 4.79 Å². The number of carbonyl (C=O) groups excluding carboxylic acids is 2. The Morgan fingerprint density at radius 2 is 1.84 bits per heavy atom. The minimum absolute atomic E-state index is 0.0470. The fraction of sp³-hybridized carbons (Fsp3) is 0.300. The highest BCUT2D eigenvalue weighted by molar-refractivity contribution is 5.96. The SMILES string of the molecule is CC[C@@H](C)c1ccc(NC(=O)COC(=O)c2cccc(C)c2O)cc1. The van der Waals surface area contributed by atoms with Crippen LogP contribution in [0.5, 0.6) is 5.75 Å².